The Bertz CT molecular complexity index is 1760. The third-order valence-electron chi connectivity index (χ3n) is 13.6. The number of hydrogen-bond donors (Lipinski definition) is 6. The van der Waals surface area contributed by atoms with Gasteiger partial charge in [-0.15, -0.1) is 0 Å². The first-order valence-corrected chi connectivity index (χ1v) is 21.5. The summed E-state index contributed by atoms with van der Waals surface area (Å²) in [5, 5.41) is 54.6. The first-order chi connectivity index (χ1) is 27.5. The van der Waals surface area contributed by atoms with E-state index in [1.54, 1.807) is 0 Å². The van der Waals surface area contributed by atoms with E-state index in [-0.39, 0.29) is 18.4 Å². The zero-order chi connectivity index (χ0) is 41.0. The van der Waals surface area contributed by atoms with Gasteiger partial charge in [0.25, 0.3) is 0 Å². The van der Waals surface area contributed by atoms with E-state index in [1.807, 2.05) is 44.3 Å². The molecule has 0 aromatic heterocycles. The molecule has 7 heteroatoms. The lowest BCUT2D eigenvalue weighted by Crippen LogP contribution is -2.61. The van der Waals surface area contributed by atoms with Crippen LogP contribution in [0.3, 0.4) is 0 Å². The second-order valence-electron chi connectivity index (χ2n) is 17.4. The Morgan fingerprint density at radius 3 is 2.58 bits per heavy atom. The molecule has 2 fully saturated rings. The van der Waals surface area contributed by atoms with Crippen LogP contribution in [0.5, 0.6) is 0 Å². The monoisotopic (exact) mass is 779 g/mol. The third kappa shape index (κ3) is 10.8. The van der Waals surface area contributed by atoms with E-state index in [2.05, 4.69) is 79.6 Å². The smallest absolute Gasteiger partial charge is 0.145 e. The largest absolute Gasteiger partial charge is 0.396 e. The third-order valence-corrected chi connectivity index (χ3v) is 13.6. The molecule has 0 radical (unpaired) electrons. The Kier molecular flexibility index (Phi) is 16.5. The Morgan fingerprint density at radius 1 is 1.11 bits per heavy atom. The Morgan fingerprint density at radius 2 is 1.86 bits per heavy atom. The highest BCUT2D eigenvalue weighted by Crippen LogP contribution is 2.64. The highest BCUT2D eigenvalue weighted by atomic mass is 16.3. The van der Waals surface area contributed by atoms with Gasteiger partial charge in [-0.3, -0.25) is 4.79 Å². The van der Waals surface area contributed by atoms with Crippen LogP contribution in [-0.4, -0.2) is 77.3 Å². The lowest BCUT2D eigenvalue weighted by atomic mass is 9.51. The van der Waals surface area contributed by atoms with Gasteiger partial charge in [-0.25, -0.2) is 0 Å². The zero-order valence-corrected chi connectivity index (χ0v) is 35.1. The molecule has 1 aliphatic heterocycles. The first-order valence-electron chi connectivity index (χ1n) is 21.5. The van der Waals surface area contributed by atoms with Crippen LogP contribution in [0.4, 0.5) is 0 Å². The summed E-state index contributed by atoms with van der Waals surface area (Å²) in [7, 11) is 1.87. The van der Waals surface area contributed by atoms with E-state index in [4.69, 9.17) is 0 Å². The number of rotatable bonds is 15. The number of allylic oxidation sites excluding steroid dienone is 7. The average molecular weight is 779 g/mol. The number of aliphatic hydroxyl groups excluding tert-OH is 3. The van der Waals surface area contributed by atoms with Gasteiger partial charge in [0.15, 0.2) is 0 Å². The lowest BCUT2D eigenvalue weighted by molar-refractivity contribution is -0.181. The molecule has 2 aliphatic carbocycles. The maximum Gasteiger partial charge on any atom is 0.145 e. The quantitative estimate of drug-likeness (QED) is 0.0478. The molecule has 3 aliphatic rings. The van der Waals surface area contributed by atoms with Crippen molar-refractivity contribution in [2.45, 2.75) is 122 Å². The number of benzene rings is 2. The van der Waals surface area contributed by atoms with E-state index in [9.17, 15) is 25.2 Å². The molecule has 310 valence electrons. The van der Waals surface area contributed by atoms with Gasteiger partial charge in [0.1, 0.15) is 6.29 Å². The van der Waals surface area contributed by atoms with E-state index in [1.165, 1.54) is 16.7 Å². The number of fused-ring (bicyclic) bond motifs is 2. The molecule has 57 heavy (non-hydrogen) atoms. The maximum absolute atomic E-state index is 12.9. The molecule has 1 heterocycles. The summed E-state index contributed by atoms with van der Waals surface area (Å²) >= 11 is 0. The normalized spacial score (nSPS) is 30.1. The minimum absolute atomic E-state index is 0.00954. The van der Waals surface area contributed by atoms with Crippen LogP contribution >= 0.6 is 0 Å². The van der Waals surface area contributed by atoms with Crippen molar-refractivity contribution < 1.29 is 25.2 Å². The van der Waals surface area contributed by atoms with Crippen molar-refractivity contribution >= 4 is 6.29 Å². The van der Waals surface area contributed by atoms with Gasteiger partial charge < -0.3 is 31.1 Å². The van der Waals surface area contributed by atoms with Crippen molar-refractivity contribution in [2.24, 2.45) is 23.2 Å². The standard InChI is InChI=1S/C50H70N2O5/c1-35-19-21-42(32-41-16-10-15-40(31-41)30-38(4)52-33-35)36(2)12-9-17-44(47(55)22-20-39-13-7-6-8-14-39)45-24-26-50(48(45)56)46(18-11-29-53)43(37(3)34-54)23-25-49(50,57)27-28-51-5/h6-10,12-17,19,31,34,38,42,45-48,51-53,55-57H,2,11,18,20-30,32-33H2,1,3-5H3. The van der Waals surface area contributed by atoms with Crippen molar-refractivity contribution in [1.82, 2.24) is 10.6 Å². The summed E-state index contributed by atoms with van der Waals surface area (Å²) in [5.74, 6) is -0.503. The highest BCUT2D eigenvalue weighted by Gasteiger charge is 2.65. The van der Waals surface area contributed by atoms with Crippen molar-refractivity contribution in [3.63, 3.8) is 0 Å². The van der Waals surface area contributed by atoms with Crippen LogP contribution < -0.4 is 10.6 Å². The number of carbonyl (C=O) groups excluding carboxylic acids is 1. The SMILES string of the molecule is C=C(C=CC=C(C(O)CCc1ccccc1)C1CCC2(C(CCCO)C(=C(C)C=O)CCC2(O)CCNC)C1O)C1CC=C(C)CNC(C)Cc2cccc(c2)C1. The zero-order valence-electron chi connectivity index (χ0n) is 35.1. The predicted molar refractivity (Wildman–Crippen MR) is 233 cm³/mol. The van der Waals surface area contributed by atoms with Crippen molar-refractivity contribution in [2.75, 3.05) is 26.7 Å². The van der Waals surface area contributed by atoms with Crippen molar-refractivity contribution in [3.05, 3.63) is 130 Å². The van der Waals surface area contributed by atoms with E-state index >= 15 is 0 Å². The number of hydrogen-bond acceptors (Lipinski definition) is 7. The maximum atomic E-state index is 12.9. The van der Waals surface area contributed by atoms with Crippen LogP contribution in [0.2, 0.25) is 0 Å². The summed E-state index contributed by atoms with van der Waals surface area (Å²) in [6.07, 6.45) is 15.1. The Hall–Kier alpha value is -3.43. The Balaban J connectivity index is 1.51. The molecule has 2 bridgehead atoms. The second-order valence-corrected chi connectivity index (χ2v) is 17.4. The lowest BCUT2D eigenvalue weighted by Gasteiger charge is -2.57. The van der Waals surface area contributed by atoms with Gasteiger partial charge in [0, 0.05) is 30.5 Å². The molecule has 0 amide bonds. The number of carbonyl (C=O) groups is 1. The molecule has 6 N–H and O–H groups in total. The van der Waals surface area contributed by atoms with Gasteiger partial charge >= 0.3 is 0 Å². The van der Waals surface area contributed by atoms with Gasteiger partial charge in [-0.1, -0.05) is 102 Å². The molecule has 2 aromatic rings. The average Bonchev–Trinajstić information content (AvgIpc) is 3.55. The molecular formula is C50H70N2O5. The topological polar surface area (TPSA) is 122 Å². The van der Waals surface area contributed by atoms with E-state index in [0.29, 0.717) is 75.9 Å². The van der Waals surface area contributed by atoms with Crippen LogP contribution in [-0.2, 0) is 24.1 Å². The Labute approximate surface area is 342 Å². The summed E-state index contributed by atoms with van der Waals surface area (Å²) in [6.45, 7) is 12.3. The fourth-order valence-electron chi connectivity index (χ4n) is 10.4. The minimum atomic E-state index is -1.20. The first kappa shape index (κ1) is 44.7. The van der Waals surface area contributed by atoms with Crippen molar-refractivity contribution in [1.29, 1.82) is 0 Å². The second kappa shape index (κ2) is 21.0. The van der Waals surface area contributed by atoms with Crippen LogP contribution in [0.15, 0.2) is 113 Å². The number of nitrogens with one attached hydrogen (secondary N) is 2. The van der Waals surface area contributed by atoms with Gasteiger partial charge in [-0.2, -0.15) is 0 Å². The van der Waals surface area contributed by atoms with E-state index < -0.39 is 29.1 Å². The van der Waals surface area contributed by atoms with Crippen LogP contribution in [0.25, 0.3) is 0 Å². The minimum Gasteiger partial charge on any atom is -0.396 e. The summed E-state index contributed by atoms with van der Waals surface area (Å²) in [5.41, 5.74) is 6.34. The molecule has 0 saturated heterocycles. The molecular weight excluding hydrogens is 709 g/mol. The van der Waals surface area contributed by atoms with Gasteiger partial charge in [0.2, 0.25) is 0 Å². The predicted octanol–water partition coefficient (Wildman–Crippen LogP) is 7.54. The fraction of sp³-hybridized carbons (Fsp3) is 0.540. The molecule has 8 unspecified atom stereocenters. The molecule has 2 saturated carbocycles. The highest BCUT2D eigenvalue weighted by molar-refractivity contribution is 5.74. The molecule has 5 rings (SSSR count). The summed E-state index contributed by atoms with van der Waals surface area (Å²) in [6, 6.07) is 19.5. The molecule has 7 nitrogen and oxygen atoms in total. The van der Waals surface area contributed by atoms with Gasteiger partial charge in [-0.05, 0) is 151 Å². The molecule has 8 atom stereocenters. The summed E-state index contributed by atoms with van der Waals surface area (Å²) < 4.78 is 0. The summed E-state index contributed by atoms with van der Waals surface area (Å²) in [4.78, 5) is 12.2. The number of aldehydes is 1. The molecule has 1 spiro atoms. The fourth-order valence-corrected chi connectivity index (χ4v) is 10.4. The van der Waals surface area contributed by atoms with Crippen LogP contribution in [0.1, 0.15) is 95.2 Å². The van der Waals surface area contributed by atoms with Crippen LogP contribution in [0, 0.1) is 23.2 Å². The van der Waals surface area contributed by atoms with Crippen molar-refractivity contribution in [3.8, 4) is 0 Å². The molecule has 2 aromatic carbocycles. The van der Waals surface area contributed by atoms with Gasteiger partial charge in [0.05, 0.1) is 17.8 Å². The number of aryl methyl sites for hydroxylation is 1. The van der Waals surface area contributed by atoms with E-state index in [0.717, 1.165) is 54.4 Å². The number of aliphatic hydroxyl groups is 4.